The summed E-state index contributed by atoms with van der Waals surface area (Å²) in [4.78, 5) is 27.3. The van der Waals surface area contributed by atoms with Crippen LogP contribution in [0.2, 0.25) is 0 Å². The molecule has 1 aliphatic heterocycles. The van der Waals surface area contributed by atoms with Gasteiger partial charge in [0.25, 0.3) is 0 Å². The number of carbonyl (C=O) groups is 2. The first-order valence-electron chi connectivity index (χ1n) is 11.1. The molecule has 1 aromatic carbocycles. The summed E-state index contributed by atoms with van der Waals surface area (Å²) < 4.78 is 12.3. The lowest BCUT2D eigenvalue weighted by molar-refractivity contribution is 0.0516. The molecule has 2 aliphatic rings. The third kappa shape index (κ3) is 4.52. The van der Waals surface area contributed by atoms with E-state index in [-0.39, 0.29) is 24.4 Å². The van der Waals surface area contributed by atoms with Crippen LogP contribution < -0.4 is 10.1 Å². The second-order valence-electron chi connectivity index (χ2n) is 8.06. The number of nitrogens with zero attached hydrogens (tertiary/aromatic N) is 3. The van der Waals surface area contributed by atoms with Crippen molar-refractivity contribution in [2.24, 2.45) is 0 Å². The molecule has 0 radical (unpaired) electrons. The lowest BCUT2D eigenvalue weighted by Crippen LogP contribution is -2.47. The van der Waals surface area contributed by atoms with Crippen LogP contribution in [0.15, 0.2) is 24.3 Å². The van der Waals surface area contributed by atoms with E-state index in [0.29, 0.717) is 19.5 Å². The number of methoxy groups -OCH3 is 1. The molecule has 8 heteroatoms. The Bertz CT molecular complexity index is 932. The summed E-state index contributed by atoms with van der Waals surface area (Å²) in [5.41, 5.74) is 2.82. The van der Waals surface area contributed by atoms with Gasteiger partial charge in [0.05, 0.1) is 31.6 Å². The quantitative estimate of drug-likeness (QED) is 0.740. The average molecular weight is 427 g/mol. The molecule has 4 rings (SSSR count). The molecule has 1 N–H and O–H groups in total. The van der Waals surface area contributed by atoms with Crippen LogP contribution in [0.3, 0.4) is 0 Å². The van der Waals surface area contributed by atoms with Gasteiger partial charge in [0.1, 0.15) is 5.75 Å². The standard InChI is InChI=1S/C23H30N4O4/c1-3-31-22(28)21-19-15-26(23(29)24-16-7-5-4-6-8-16)14-13-20(19)27(25-21)17-9-11-18(30-2)12-10-17/h9-12,16H,3-8,13-15H2,1-2H3,(H,24,29). The van der Waals surface area contributed by atoms with E-state index >= 15 is 0 Å². The molecule has 1 aliphatic carbocycles. The van der Waals surface area contributed by atoms with Crippen molar-refractivity contribution < 1.29 is 19.1 Å². The zero-order valence-electron chi connectivity index (χ0n) is 18.2. The normalized spacial score (nSPS) is 16.5. The van der Waals surface area contributed by atoms with Gasteiger partial charge in [-0.25, -0.2) is 14.3 Å². The maximum atomic E-state index is 12.9. The van der Waals surface area contributed by atoms with E-state index in [2.05, 4.69) is 10.4 Å². The van der Waals surface area contributed by atoms with Gasteiger partial charge in [0, 0.05) is 24.6 Å². The molecule has 0 atom stereocenters. The summed E-state index contributed by atoms with van der Waals surface area (Å²) in [7, 11) is 1.62. The highest BCUT2D eigenvalue weighted by Gasteiger charge is 2.32. The van der Waals surface area contributed by atoms with E-state index in [0.717, 1.165) is 48.4 Å². The van der Waals surface area contributed by atoms with Crippen LogP contribution in [0.1, 0.15) is 60.8 Å². The van der Waals surface area contributed by atoms with E-state index < -0.39 is 5.97 Å². The number of carbonyl (C=O) groups excluding carboxylic acids is 2. The fraction of sp³-hybridized carbons (Fsp3) is 0.522. The number of fused-ring (bicyclic) bond motifs is 1. The molecule has 31 heavy (non-hydrogen) atoms. The number of amides is 2. The first kappa shape index (κ1) is 21.2. The van der Waals surface area contributed by atoms with Crippen LogP contribution in [-0.4, -0.2) is 53.0 Å². The van der Waals surface area contributed by atoms with Crippen LogP contribution in [-0.2, 0) is 17.7 Å². The van der Waals surface area contributed by atoms with Gasteiger partial charge in [-0.1, -0.05) is 19.3 Å². The summed E-state index contributed by atoms with van der Waals surface area (Å²) in [6.45, 7) is 2.97. The minimum atomic E-state index is -0.458. The number of benzene rings is 1. The molecule has 2 heterocycles. The van der Waals surface area contributed by atoms with Crippen LogP contribution in [0, 0.1) is 0 Å². The van der Waals surface area contributed by atoms with Gasteiger partial charge in [-0.15, -0.1) is 0 Å². The Hall–Kier alpha value is -3.03. The summed E-state index contributed by atoms with van der Waals surface area (Å²) in [6.07, 6.45) is 6.26. The van der Waals surface area contributed by atoms with Crippen LogP contribution >= 0.6 is 0 Å². The van der Waals surface area contributed by atoms with Crippen molar-refractivity contribution in [2.75, 3.05) is 20.3 Å². The third-order valence-electron chi connectivity index (χ3n) is 6.06. The van der Waals surface area contributed by atoms with E-state index in [1.165, 1.54) is 6.42 Å². The average Bonchev–Trinajstić information content (AvgIpc) is 3.19. The lowest BCUT2D eigenvalue weighted by Gasteiger charge is -2.31. The number of rotatable bonds is 5. The Morgan fingerprint density at radius 1 is 1.16 bits per heavy atom. The molecule has 1 saturated carbocycles. The molecule has 166 valence electrons. The predicted molar refractivity (Wildman–Crippen MR) is 116 cm³/mol. The number of nitrogens with one attached hydrogen (secondary N) is 1. The highest BCUT2D eigenvalue weighted by molar-refractivity contribution is 5.89. The molecule has 0 saturated heterocycles. The van der Waals surface area contributed by atoms with Crippen LogP contribution in [0.25, 0.3) is 5.69 Å². The minimum absolute atomic E-state index is 0.0652. The Kier molecular flexibility index (Phi) is 6.44. The minimum Gasteiger partial charge on any atom is -0.497 e. The fourth-order valence-corrected chi connectivity index (χ4v) is 4.41. The SMILES string of the molecule is CCOC(=O)c1nn(-c2ccc(OC)cc2)c2c1CN(C(=O)NC1CCCCC1)CC2. The third-order valence-corrected chi connectivity index (χ3v) is 6.06. The first-order chi connectivity index (χ1) is 15.1. The highest BCUT2D eigenvalue weighted by Crippen LogP contribution is 2.27. The van der Waals surface area contributed by atoms with Gasteiger partial charge >= 0.3 is 12.0 Å². The molecule has 2 aromatic rings. The number of aromatic nitrogens is 2. The molecule has 8 nitrogen and oxygen atoms in total. The molecular formula is C23H30N4O4. The maximum Gasteiger partial charge on any atom is 0.359 e. The van der Waals surface area contributed by atoms with E-state index in [1.807, 2.05) is 24.3 Å². The fourth-order valence-electron chi connectivity index (χ4n) is 4.41. The molecule has 1 fully saturated rings. The number of esters is 1. The zero-order valence-corrected chi connectivity index (χ0v) is 18.2. The highest BCUT2D eigenvalue weighted by atomic mass is 16.5. The molecule has 2 amide bonds. The summed E-state index contributed by atoms with van der Waals surface area (Å²) >= 11 is 0. The summed E-state index contributed by atoms with van der Waals surface area (Å²) in [5, 5.41) is 7.76. The Labute approximate surface area is 182 Å². The van der Waals surface area contributed by atoms with Crippen molar-refractivity contribution in [3.8, 4) is 11.4 Å². The summed E-state index contributed by atoms with van der Waals surface area (Å²) in [5.74, 6) is 0.293. The Balaban J connectivity index is 1.60. The number of ether oxygens (including phenoxy) is 2. The molecule has 0 spiro atoms. The number of urea groups is 1. The zero-order chi connectivity index (χ0) is 21.8. The predicted octanol–water partition coefficient (Wildman–Crippen LogP) is 3.46. The van der Waals surface area contributed by atoms with Gasteiger partial charge in [0.2, 0.25) is 0 Å². The summed E-state index contributed by atoms with van der Waals surface area (Å²) in [6, 6.07) is 7.71. The van der Waals surface area contributed by atoms with Crippen molar-refractivity contribution in [1.82, 2.24) is 20.0 Å². The molecule has 0 unspecified atom stereocenters. The monoisotopic (exact) mass is 426 g/mol. The number of hydrogen-bond acceptors (Lipinski definition) is 5. The largest absolute Gasteiger partial charge is 0.497 e. The molecule has 0 bridgehead atoms. The van der Waals surface area contributed by atoms with E-state index in [1.54, 1.807) is 23.6 Å². The van der Waals surface area contributed by atoms with Crippen molar-refractivity contribution in [2.45, 2.75) is 58.0 Å². The van der Waals surface area contributed by atoms with Crippen molar-refractivity contribution in [1.29, 1.82) is 0 Å². The Morgan fingerprint density at radius 2 is 1.90 bits per heavy atom. The van der Waals surface area contributed by atoms with Crippen LogP contribution in [0.4, 0.5) is 4.79 Å². The van der Waals surface area contributed by atoms with Crippen molar-refractivity contribution in [3.05, 3.63) is 41.2 Å². The van der Waals surface area contributed by atoms with E-state index in [4.69, 9.17) is 9.47 Å². The van der Waals surface area contributed by atoms with Gasteiger partial charge < -0.3 is 19.7 Å². The van der Waals surface area contributed by atoms with Gasteiger partial charge in [0.15, 0.2) is 5.69 Å². The van der Waals surface area contributed by atoms with E-state index in [9.17, 15) is 9.59 Å². The lowest BCUT2D eigenvalue weighted by atomic mass is 9.95. The topological polar surface area (TPSA) is 85.7 Å². The van der Waals surface area contributed by atoms with Gasteiger partial charge in [-0.2, -0.15) is 5.10 Å². The van der Waals surface area contributed by atoms with Gasteiger partial charge in [-0.3, -0.25) is 0 Å². The second kappa shape index (κ2) is 9.41. The van der Waals surface area contributed by atoms with Crippen molar-refractivity contribution in [3.63, 3.8) is 0 Å². The van der Waals surface area contributed by atoms with Crippen LogP contribution in [0.5, 0.6) is 5.75 Å². The maximum absolute atomic E-state index is 12.9. The smallest absolute Gasteiger partial charge is 0.359 e. The molecular weight excluding hydrogens is 396 g/mol. The second-order valence-corrected chi connectivity index (χ2v) is 8.06. The Morgan fingerprint density at radius 3 is 2.58 bits per heavy atom. The number of hydrogen-bond donors (Lipinski definition) is 1. The van der Waals surface area contributed by atoms with Gasteiger partial charge in [-0.05, 0) is 44.0 Å². The molecule has 1 aromatic heterocycles. The van der Waals surface area contributed by atoms with Crippen molar-refractivity contribution >= 4 is 12.0 Å². The first-order valence-corrected chi connectivity index (χ1v) is 11.1.